The lowest BCUT2D eigenvalue weighted by Crippen LogP contribution is -2.01. The first-order valence-corrected chi connectivity index (χ1v) is 7.41. The van der Waals surface area contributed by atoms with Gasteiger partial charge in [-0.3, -0.25) is 9.36 Å². The van der Waals surface area contributed by atoms with Crippen molar-refractivity contribution in [1.29, 1.82) is 0 Å². The van der Waals surface area contributed by atoms with Crippen LogP contribution in [0.25, 0.3) is 0 Å². The van der Waals surface area contributed by atoms with Crippen LogP contribution < -0.4 is 0 Å². The molecule has 0 saturated heterocycles. The summed E-state index contributed by atoms with van der Waals surface area (Å²) in [4.78, 5) is 0. The molecule has 0 saturated carbocycles. The van der Waals surface area contributed by atoms with E-state index < -0.39 is 0 Å². The molecule has 2 aromatic heterocycles. The Balaban J connectivity index is 2.05. The van der Waals surface area contributed by atoms with Crippen molar-refractivity contribution in [2.24, 2.45) is 14.1 Å². The Hall–Kier alpha value is -1.58. The summed E-state index contributed by atoms with van der Waals surface area (Å²) in [5, 5.41) is 9.16. The van der Waals surface area contributed by atoms with E-state index in [0.717, 1.165) is 12.8 Å². The second-order valence-electron chi connectivity index (χ2n) is 6.14. The van der Waals surface area contributed by atoms with E-state index in [1.807, 2.05) is 23.5 Å². The van der Waals surface area contributed by atoms with E-state index >= 15 is 0 Å². The van der Waals surface area contributed by atoms with Crippen molar-refractivity contribution in [3.63, 3.8) is 0 Å². The zero-order chi connectivity index (χ0) is 14.9. The molecule has 4 heteroatoms. The van der Waals surface area contributed by atoms with Crippen molar-refractivity contribution in [3.8, 4) is 0 Å². The van der Waals surface area contributed by atoms with Crippen molar-refractivity contribution in [3.05, 3.63) is 34.9 Å². The fourth-order valence-corrected chi connectivity index (χ4v) is 2.58. The summed E-state index contributed by atoms with van der Waals surface area (Å²) in [6, 6.07) is 2.19. The molecule has 2 aromatic rings. The molecule has 0 aliphatic rings. The molecule has 2 rings (SSSR count). The molecule has 4 nitrogen and oxygen atoms in total. The maximum atomic E-state index is 4.58. The van der Waals surface area contributed by atoms with Crippen LogP contribution in [0, 0.1) is 6.92 Å². The summed E-state index contributed by atoms with van der Waals surface area (Å²) in [5.41, 5.74) is 5.02. The standard InChI is InChI=1S/C16H26N4/c1-11(2)16-14(10-19(5)18-16)8-7-12(3)15-9-13(4)20(6)17-15/h9-12H,7-8H2,1-6H3. The van der Waals surface area contributed by atoms with E-state index in [1.165, 1.54) is 22.6 Å². The lowest BCUT2D eigenvalue weighted by Gasteiger charge is -2.09. The number of hydrogen-bond donors (Lipinski definition) is 0. The summed E-state index contributed by atoms with van der Waals surface area (Å²) in [7, 11) is 4.00. The summed E-state index contributed by atoms with van der Waals surface area (Å²) in [6.45, 7) is 8.77. The van der Waals surface area contributed by atoms with Gasteiger partial charge in [0.15, 0.2) is 0 Å². The van der Waals surface area contributed by atoms with Gasteiger partial charge < -0.3 is 0 Å². The van der Waals surface area contributed by atoms with E-state index in [9.17, 15) is 0 Å². The smallest absolute Gasteiger partial charge is 0.0681 e. The molecule has 0 bridgehead atoms. The molecule has 0 N–H and O–H groups in total. The third-order valence-electron chi connectivity index (χ3n) is 3.97. The van der Waals surface area contributed by atoms with Gasteiger partial charge in [0.25, 0.3) is 0 Å². The van der Waals surface area contributed by atoms with Crippen LogP contribution in [-0.4, -0.2) is 19.6 Å². The molecule has 1 unspecified atom stereocenters. The Morgan fingerprint density at radius 2 is 1.85 bits per heavy atom. The van der Waals surface area contributed by atoms with Crippen LogP contribution in [0.1, 0.15) is 61.7 Å². The largest absolute Gasteiger partial charge is 0.275 e. The van der Waals surface area contributed by atoms with Crippen molar-refractivity contribution in [2.45, 2.75) is 52.4 Å². The average Bonchev–Trinajstić information content (AvgIpc) is 2.90. The Morgan fingerprint density at radius 1 is 1.15 bits per heavy atom. The first kappa shape index (κ1) is 14.8. The van der Waals surface area contributed by atoms with Crippen LogP contribution in [0.5, 0.6) is 0 Å². The minimum Gasteiger partial charge on any atom is -0.275 e. The van der Waals surface area contributed by atoms with Gasteiger partial charge in [0.05, 0.1) is 11.4 Å². The van der Waals surface area contributed by atoms with Gasteiger partial charge in [-0.1, -0.05) is 20.8 Å². The van der Waals surface area contributed by atoms with Crippen molar-refractivity contribution >= 4 is 0 Å². The van der Waals surface area contributed by atoms with E-state index in [4.69, 9.17) is 0 Å². The maximum Gasteiger partial charge on any atom is 0.0681 e. The number of aryl methyl sites for hydroxylation is 4. The summed E-state index contributed by atoms with van der Waals surface area (Å²) < 4.78 is 3.88. The van der Waals surface area contributed by atoms with Crippen molar-refractivity contribution < 1.29 is 0 Å². The second kappa shape index (κ2) is 5.81. The van der Waals surface area contributed by atoms with Crippen LogP contribution in [0.2, 0.25) is 0 Å². The lowest BCUT2D eigenvalue weighted by atomic mass is 9.96. The molecule has 1 atom stereocenters. The summed E-state index contributed by atoms with van der Waals surface area (Å²) in [6.07, 6.45) is 4.34. The molecule has 110 valence electrons. The fourth-order valence-electron chi connectivity index (χ4n) is 2.58. The van der Waals surface area contributed by atoms with Gasteiger partial charge in [-0.2, -0.15) is 10.2 Å². The van der Waals surface area contributed by atoms with Gasteiger partial charge in [0.2, 0.25) is 0 Å². The van der Waals surface area contributed by atoms with Crippen LogP contribution in [0.4, 0.5) is 0 Å². The zero-order valence-corrected chi connectivity index (χ0v) is 13.5. The molecule has 20 heavy (non-hydrogen) atoms. The topological polar surface area (TPSA) is 35.6 Å². The summed E-state index contributed by atoms with van der Waals surface area (Å²) in [5.74, 6) is 0.966. The van der Waals surface area contributed by atoms with Gasteiger partial charge in [0.1, 0.15) is 0 Å². The third kappa shape index (κ3) is 3.11. The van der Waals surface area contributed by atoms with Crippen LogP contribution >= 0.6 is 0 Å². The Kier molecular flexibility index (Phi) is 4.31. The number of aromatic nitrogens is 4. The number of hydrogen-bond acceptors (Lipinski definition) is 2. The molecule has 0 aromatic carbocycles. The highest BCUT2D eigenvalue weighted by Crippen LogP contribution is 2.24. The SMILES string of the molecule is Cc1cc(C(C)CCc2cn(C)nc2C(C)C)nn1C. The summed E-state index contributed by atoms with van der Waals surface area (Å²) >= 11 is 0. The van der Waals surface area contributed by atoms with Gasteiger partial charge in [0, 0.05) is 31.9 Å². The zero-order valence-electron chi connectivity index (χ0n) is 13.5. The van der Waals surface area contributed by atoms with Gasteiger partial charge in [-0.15, -0.1) is 0 Å². The molecule has 2 heterocycles. The first-order chi connectivity index (χ1) is 9.38. The van der Waals surface area contributed by atoms with E-state index in [1.54, 1.807) is 0 Å². The fraction of sp³-hybridized carbons (Fsp3) is 0.625. The van der Waals surface area contributed by atoms with Crippen molar-refractivity contribution in [1.82, 2.24) is 19.6 Å². The molecular weight excluding hydrogens is 248 g/mol. The Bertz CT molecular complexity index is 558. The molecular formula is C16H26N4. The van der Waals surface area contributed by atoms with Gasteiger partial charge in [-0.25, -0.2) is 0 Å². The minimum absolute atomic E-state index is 0.482. The van der Waals surface area contributed by atoms with Crippen molar-refractivity contribution in [2.75, 3.05) is 0 Å². The normalized spacial score (nSPS) is 13.2. The highest BCUT2D eigenvalue weighted by atomic mass is 15.3. The van der Waals surface area contributed by atoms with Crippen LogP contribution in [-0.2, 0) is 20.5 Å². The molecule has 0 radical (unpaired) electrons. The highest BCUT2D eigenvalue weighted by Gasteiger charge is 2.15. The quantitative estimate of drug-likeness (QED) is 0.838. The molecule has 0 spiro atoms. The third-order valence-corrected chi connectivity index (χ3v) is 3.97. The van der Waals surface area contributed by atoms with E-state index in [-0.39, 0.29) is 0 Å². The maximum absolute atomic E-state index is 4.58. The Labute approximate surface area is 121 Å². The minimum atomic E-state index is 0.482. The van der Waals surface area contributed by atoms with Crippen LogP contribution in [0.3, 0.4) is 0 Å². The van der Waals surface area contributed by atoms with E-state index in [0.29, 0.717) is 11.8 Å². The van der Waals surface area contributed by atoms with E-state index in [2.05, 4.69) is 50.2 Å². The monoisotopic (exact) mass is 274 g/mol. The highest BCUT2D eigenvalue weighted by molar-refractivity contribution is 5.21. The predicted molar refractivity (Wildman–Crippen MR) is 82.0 cm³/mol. The first-order valence-electron chi connectivity index (χ1n) is 7.41. The van der Waals surface area contributed by atoms with Gasteiger partial charge in [-0.05, 0) is 37.3 Å². The lowest BCUT2D eigenvalue weighted by molar-refractivity contribution is 0.628. The van der Waals surface area contributed by atoms with Gasteiger partial charge >= 0.3 is 0 Å². The average molecular weight is 274 g/mol. The number of nitrogens with zero attached hydrogens (tertiary/aromatic N) is 4. The molecule has 0 aliphatic heterocycles. The second-order valence-corrected chi connectivity index (χ2v) is 6.14. The molecule has 0 fully saturated rings. The molecule has 0 amide bonds. The molecule has 0 aliphatic carbocycles. The Morgan fingerprint density at radius 3 is 2.40 bits per heavy atom. The predicted octanol–water partition coefficient (Wildman–Crippen LogP) is 3.32. The number of rotatable bonds is 5. The van der Waals surface area contributed by atoms with Crippen LogP contribution in [0.15, 0.2) is 12.3 Å².